The number of nitrogens with one attached hydrogen (secondary N) is 1. The standard InChI is InChI=1S/C8H16FN/c1-10-7-8(4-5-8)3-2-6-9/h10H,2-7H2,1H3. The van der Waals surface area contributed by atoms with Crippen molar-refractivity contribution in [2.75, 3.05) is 20.3 Å². The summed E-state index contributed by atoms with van der Waals surface area (Å²) in [6.07, 6.45) is 4.42. The summed E-state index contributed by atoms with van der Waals surface area (Å²) in [7, 11) is 1.97. The SMILES string of the molecule is CNCC1(CCCF)CC1. The molecule has 60 valence electrons. The van der Waals surface area contributed by atoms with Crippen LogP contribution in [0.4, 0.5) is 4.39 Å². The predicted octanol–water partition coefficient (Wildman–Crippen LogP) is 1.74. The Morgan fingerprint density at radius 2 is 2.20 bits per heavy atom. The molecule has 0 aliphatic heterocycles. The molecule has 1 aliphatic carbocycles. The molecule has 1 aliphatic rings. The maximum atomic E-state index is 11.8. The molecule has 1 fully saturated rings. The second-order valence-electron chi connectivity index (χ2n) is 3.32. The van der Waals surface area contributed by atoms with Crippen molar-refractivity contribution in [3.8, 4) is 0 Å². The minimum absolute atomic E-state index is 0.147. The Balaban J connectivity index is 2.11. The van der Waals surface area contributed by atoms with Crippen LogP contribution in [0, 0.1) is 5.41 Å². The lowest BCUT2D eigenvalue weighted by Crippen LogP contribution is -2.19. The molecular formula is C8H16FN. The smallest absolute Gasteiger partial charge is 0.0894 e. The molecule has 0 aromatic heterocycles. The average molecular weight is 145 g/mol. The number of rotatable bonds is 5. The Labute approximate surface area is 62.0 Å². The molecule has 0 unspecified atom stereocenters. The van der Waals surface area contributed by atoms with Crippen LogP contribution in [0.5, 0.6) is 0 Å². The number of hydrogen-bond donors (Lipinski definition) is 1. The number of hydrogen-bond acceptors (Lipinski definition) is 1. The molecule has 1 saturated carbocycles. The maximum absolute atomic E-state index is 11.8. The zero-order valence-corrected chi connectivity index (χ0v) is 6.62. The molecule has 0 radical (unpaired) electrons. The molecule has 0 heterocycles. The molecule has 1 nitrogen and oxygen atoms in total. The summed E-state index contributed by atoms with van der Waals surface area (Å²) in [5, 5.41) is 3.16. The van der Waals surface area contributed by atoms with Crippen LogP contribution in [0.25, 0.3) is 0 Å². The molecule has 0 aromatic carbocycles. The summed E-state index contributed by atoms with van der Waals surface area (Å²) >= 11 is 0. The lowest BCUT2D eigenvalue weighted by atomic mass is 10.0. The van der Waals surface area contributed by atoms with E-state index >= 15 is 0 Å². The largest absolute Gasteiger partial charge is 0.319 e. The first kappa shape index (κ1) is 7.99. The van der Waals surface area contributed by atoms with Crippen molar-refractivity contribution >= 4 is 0 Å². The van der Waals surface area contributed by atoms with Crippen molar-refractivity contribution in [3.63, 3.8) is 0 Å². The highest BCUT2D eigenvalue weighted by atomic mass is 19.1. The first-order chi connectivity index (χ1) is 4.83. The molecule has 0 saturated heterocycles. The van der Waals surface area contributed by atoms with Crippen LogP contribution in [0.2, 0.25) is 0 Å². The summed E-state index contributed by atoms with van der Waals surface area (Å²) in [6.45, 7) is 0.929. The third-order valence-corrected chi connectivity index (χ3v) is 2.35. The zero-order chi connectivity index (χ0) is 7.45. The Kier molecular flexibility index (Phi) is 2.66. The van der Waals surface area contributed by atoms with Crippen LogP contribution in [0.15, 0.2) is 0 Å². The van der Waals surface area contributed by atoms with E-state index in [-0.39, 0.29) is 6.67 Å². The van der Waals surface area contributed by atoms with Crippen LogP contribution in [0.1, 0.15) is 25.7 Å². The van der Waals surface area contributed by atoms with Crippen LogP contribution in [-0.4, -0.2) is 20.3 Å². The molecule has 2 heteroatoms. The normalized spacial score (nSPS) is 21.0. The van der Waals surface area contributed by atoms with Gasteiger partial charge in [0.1, 0.15) is 0 Å². The van der Waals surface area contributed by atoms with E-state index < -0.39 is 0 Å². The minimum Gasteiger partial charge on any atom is -0.319 e. The van der Waals surface area contributed by atoms with Gasteiger partial charge in [-0.1, -0.05) is 0 Å². The fourth-order valence-electron chi connectivity index (χ4n) is 1.51. The summed E-state index contributed by atoms with van der Waals surface area (Å²) in [4.78, 5) is 0. The molecule has 0 aromatic rings. The highest BCUT2D eigenvalue weighted by Gasteiger charge is 2.40. The second kappa shape index (κ2) is 3.33. The van der Waals surface area contributed by atoms with Gasteiger partial charge < -0.3 is 5.32 Å². The highest BCUT2D eigenvalue weighted by molar-refractivity contribution is 4.93. The third kappa shape index (κ3) is 1.94. The van der Waals surface area contributed by atoms with E-state index in [0.29, 0.717) is 5.41 Å². The van der Waals surface area contributed by atoms with E-state index in [4.69, 9.17) is 0 Å². The molecule has 0 amide bonds. The van der Waals surface area contributed by atoms with E-state index in [2.05, 4.69) is 5.32 Å². The maximum Gasteiger partial charge on any atom is 0.0894 e. The fraction of sp³-hybridized carbons (Fsp3) is 1.00. The summed E-state index contributed by atoms with van der Waals surface area (Å²) in [6, 6.07) is 0. The van der Waals surface area contributed by atoms with Gasteiger partial charge in [-0.25, -0.2) is 0 Å². The van der Waals surface area contributed by atoms with Crippen LogP contribution in [-0.2, 0) is 0 Å². The summed E-state index contributed by atoms with van der Waals surface area (Å²) in [5.74, 6) is 0. The average Bonchev–Trinajstić information content (AvgIpc) is 2.67. The van der Waals surface area contributed by atoms with Gasteiger partial charge in [-0.2, -0.15) is 0 Å². The van der Waals surface area contributed by atoms with Crippen molar-refractivity contribution < 1.29 is 4.39 Å². The lowest BCUT2D eigenvalue weighted by molar-refractivity contribution is 0.379. The van der Waals surface area contributed by atoms with E-state index in [9.17, 15) is 4.39 Å². The summed E-state index contributed by atoms with van der Waals surface area (Å²) in [5.41, 5.74) is 0.501. The molecular weight excluding hydrogens is 129 g/mol. The van der Waals surface area contributed by atoms with Crippen LogP contribution in [0.3, 0.4) is 0 Å². The van der Waals surface area contributed by atoms with Crippen molar-refractivity contribution in [2.45, 2.75) is 25.7 Å². The summed E-state index contributed by atoms with van der Waals surface area (Å²) < 4.78 is 11.8. The van der Waals surface area contributed by atoms with Crippen LogP contribution >= 0.6 is 0 Å². The van der Waals surface area contributed by atoms with E-state index in [1.165, 1.54) is 12.8 Å². The van der Waals surface area contributed by atoms with Gasteiger partial charge in [-0.15, -0.1) is 0 Å². The molecule has 1 rings (SSSR count). The minimum atomic E-state index is -0.147. The van der Waals surface area contributed by atoms with Gasteiger partial charge >= 0.3 is 0 Å². The van der Waals surface area contributed by atoms with Gasteiger partial charge in [0.15, 0.2) is 0 Å². The molecule has 1 N–H and O–H groups in total. The number of halogens is 1. The van der Waals surface area contributed by atoms with E-state index in [1.807, 2.05) is 7.05 Å². The third-order valence-electron chi connectivity index (χ3n) is 2.35. The van der Waals surface area contributed by atoms with Gasteiger partial charge in [-0.05, 0) is 38.1 Å². The highest BCUT2D eigenvalue weighted by Crippen LogP contribution is 2.48. The van der Waals surface area contributed by atoms with Gasteiger partial charge in [0.05, 0.1) is 6.67 Å². The fourth-order valence-corrected chi connectivity index (χ4v) is 1.51. The van der Waals surface area contributed by atoms with Gasteiger partial charge in [0.25, 0.3) is 0 Å². The molecule has 0 atom stereocenters. The zero-order valence-electron chi connectivity index (χ0n) is 6.62. The Bertz CT molecular complexity index is 99.4. The van der Waals surface area contributed by atoms with Crippen molar-refractivity contribution in [1.29, 1.82) is 0 Å². The second-order valence-corrected chi connectivity index (χ2v) is 3.32. The van der Waals surface area contributed by atoms with Gasteiger partial charge in [-0.3, -0.25) is 4.39 Å². The molecule has 0 spiro atoms. The topological polar surface area (TPSA) is 12.0 Å². The lowest BCUT2D eigenvalue weighted by Gasteiger charge is -2.12. The van der Waals surface area contributed by atoms with Crippen molar-refractivity contribution in [3.05, 3.63) is 0 Å². The monoisotopic (exact) mass is 145 g/mol. The number of alkyl halides is 1. The van der Waals surface area contributed by atoms with Crippen molar-refractivity contribution in [1.82, 2.24) is 5.32 Å². The van der Waals surface area contributed by atoms with Gasteiger partial charge in [0, 0.05) is 6.54 Å². The van der Waals surface area contributed by atoms with E-state index in [1.54, 1.807) is 0 Å². The van der Waals surface area contributed by atoms with E-state index in [0.717, 1.165) is 19.4 Å². The Morgan fingerprint density at radius 1 is 1.50 bits per heavy atom. The molecule has 10 heavy (non-hydrogen) atoms. The Hall–Kier alpha value is -0.110. The van der Waals surface area contributed by atoms with Gasteiger partial charge in [0.2, 0.25) is 0 Å². The Morgan fingerprint density at radius 3 is 2.60 bits per heavy atom. The quantitative estimate of drug-likeness (QED) is 0.621. The van der Waals surface area contributed by atoms with Crippen molar-refractivity contribution in [2.24, 2.45) is 5.41 Å². The predicted molar refractivity (Wildman–Crippen MR) is 40.8 cm³/mol. The first-order valence-electron chi connectivity index (χ1n) is 4.04. The first-order valence-corrected chi connectivity index (χ1v) is 4.04. The van der Waals surface area contributed by atoms with Crippen LogP contribution < -0.4 is 5.32 Å². The molecule has 0 bridgehead atoms.